The van der Waals surface area contributed by atoms with Gasteiger partial charge in [-0.05, 0) is 6.07 Å². The number of benzene rings is 1. The molecule has 0 aliphatic rings. The molecule has 0 saturated heterocycles. The van der Waals surface area contributed by atoms with Crippen LogP contribution in [0.25, 0.3) is 27.8 Å². The summed E-state index contributed by atoms with van der Waals surface area (Å²) in [6, 6.07) is 7.58. The fourth-order valence-corrected chi connectivity index (χ4v) is 2.30. The number of aromatic nitrogens is 6. The van der Waals surface area contributed by atoms with E-state index in [4.69, 9.17) is 0 Å². The van der Waals surface area contributed by atoms with E-state index in [9.17, 15) is 4.79 Å². The molecule has 0 bridgehead atoms. The summed E-state index contributed by atoms with van der Waals surface area (Å²) in [5, 5.41) is 12.9. The minimum Gasteiger partial charge on any atom is -0.274 e. The lowest BCUT2D eigenvalue weighted by Crippen LogP contribution is -2.07. The van der Waals surface area contributed by atoms with Gasteiger partial charge >= 0.3 is 0 Å². The van der Waals surface area contributed by atoms with Gasteiger partial charge in [0.25, 0.3) is 5.78 Å². The number of rotatable bonds is 0. The van der Waals surface area contributed by atoms with Crippen molar-refractivity contribution < 1.29 is 4.79 Å². The first-order chi connectivity index (χ1) is 9.25. The Bertz CT molecular complexity index is 951. The molecule has 3 heterocycles. The van der Waals surface area contributed by atoms with Gasteiger partial charge in [-0.1, -0.05) is 18.2 Å². The van der Waals surface area contributed by atoms with Crippen LogP contribution in [-0.2, 0) is 0 Å². The molecule has 92 valence electrons. The van der Waals surface area contributed by atoms with Gasteiger partial charge in [0.05, 0.1) is 5.52 Å². The molecule has 0 atom stereocenters. The van der Waals surface area contributed by atoms with Crippen molar-refractivity contribution in [2.45, 2.75) is 6.92 Å². The van der Waals surface area contributed by atoms with Gasteiger partial charge < -0.3 is 0 Å². The number of carbonyl (C=O) groups excluding carboxylic acids is 1. The summed E-state index contributed by atoms with van der Waals surface area (Å²) in [6.45, 7) is 1.50. The lowest BCUT2D eigenvalue weighted by Gasteiger charge is -1.99. The van der Waals surface area contributed by atoms with Crippen LogP contribution in [0.4, 0.5) is 0 Å². The largest absolute Gasteiger partial charge is 0.274 e. The Morgan fingerprint density at radius 1 is 1.26 bits per heavy atom. The Hall–Kier alpha value is -2.83. The third kappa shape index (κ3) is 1.23. The predicted octanol–water partition coefficient (Wildman–Crippen LogP) is 1.29. The van der Waals surface area contributed by atoms with Crippen molar-refractivity contribution in [2.75, 3.05) is 0 Å². The molecule has 19 heavy (non-hydrogen) atoms. The molecular formula is C12H8N6O. The second-order valence-electron chi connectivity index (χ2n) is 4.23. The minimum absolute atomic E-state index is 0.107. The average molecular weight is 252 g/mol. The molecule has 0 aliphatic carbocycles. The number of carbonyl (C=O) groups is 1. The molecule has 7 heteroatoms. The number of hydrogen-bond donors (Lipinski definition) is 0. The van der Waals surface area contributed by atoms with E-state index in [-0.39, 0.29) is 5.91 Å². The summed E-state index contributed by atoms with van der Waals surface area (Å²) in [7, 11) is 0. The lowest BCUT2D eigenvalue weighted by atomic mass is 10.2. The molecule has 1 aromatic carbocycles. The Labute approximate surface area is 106 Å². The molecule has 0 radical (unpaired) electrons. The van der Waals surface area contributed by atoms with Crippen molar-refractivity contribution in [1.29, 1.82) is 0 Å². The normalized spacial score (nSPS) is 11.6. The zero-order valence-corrected chi connectivity index (χ0v) is 9.98. The zero-order valence-electron chi connectivity index (χ0n) is 9.98. The van der Waals surface area contributed by atoms with Crippen LogP contribution in [0.1, 0.15) is 11.7 Å². The lowest BCUT2D eigenvalue weighted by molar-refractivity contribution is 0.0946. The molecule has 0 fully saturated rings. The van der Waals surface area contributed by atoms with Gasteiger partial charge in [0.1, 0.15) is 11.8 Å². The topological polar surface area (TPSA) is 78.0 Å². The van der Waals surface area contributed by atoms with Crippen LogP contribution >= 0.6 is 0 Å². The molecule has 0 aliphatic heterocycles. The highest BCUT2D eigenvalue weighted by molar-refractivity contribution is 6.10. The first-order valence-corrected chi connectivity index (χ1v) is 5.74. The monoisotopic (exact) mass is 252 g/mol. The summed E-state index contributed by atoms with van der Waals surface area (Å²) in [4.78, 5) is 16.2. The highest BCUT2D eigenvalue weighted by Gasteiger charge is 2.16. The van der Waals surface area contributed by atoms with Crippen molar-refractivity contribution in [3.63, 3.8) is 0 Å². The molecule has 0 N–H and O–H groups in total. The number of nitrogens with zero attached hydrogens (tertiary/aromatic N) is 6. The van der Waals surface area contributed by atoms with Gasteiger partial charge in [0.2, 0.25) is 5.91 Å². The van der Waals surface area contributed by atoms with Gasteiger partial charge in [-0.2, -0.15) is 14.6 Å². The SMILES string of the molecule is CC(=O)n1c2ccccc2c2nn3cnnc3nc21. The van der Waals surface area contributed by atoms with Crippen molar-refractivity contribution >= 4 is 33.8 Å². The zero-order chi connectivity index (χ0) is 13.0. The smallest absolute Gasteiger partial charge is 0.273 e. The maximum absolute atomic E-state index is 11.9. The summed E-state index contributed by atoms with van der Waals surface area (Å²) >= 11 is 0. The van der Waals surface area contributed by atoms with Crippen LogP contribution in [0.15, 0.2) is 30.6 Å². The molecule has 3 aromatic heterocycles. The second kappa shape index (κ2) is 3.35. The van der Waals surface area contributed by atoms with E-state index >= 15 is 0 Å². The Morgan fingerprint density at radius 2 is 2.11 bits per heavy atom. The van der Waals surface area contributed by atoms with Crippen LogP contribution in [-0.4, -0.2) is 35.3 Å². The summed E-state index contributed by atoms with van der Waals surface area (Å²) in [6.07, 6.45) is 1.49. The Kier molecular flexibility index (Phi) is 1.78. The van der Waals surface area contributed by atoms with Crippen molar-refractivity contribution in [3.05, 3.63) is 30.6 Å². The molecule has 0 amide bonds. The van der Waals surface area contributed by atoms with Crippen LogP contribution < -0.4 is 0 Å². The Morgan fingerprint density at radius 3 is 2.95 bits per heavy atom. The standard InChI is InChI=1S/C12H8N6O/c1-7(19)18-9-5-3-2-4-8(9)10-11(18)14-12-15-13-6-17(12)16-10/h2-6H,1H3. The summed E-state index contributed by atoms with van der Waals surface area (Å²) in [5.74, 6) is 0.266. The average Bonchev–Trinajstić information content (AvgIpc) is 2.97. The highest BCUT2D eigenvalue weighted by atomic mass is 16.1. The van der Waals surface area contributed by atoms with E-state index in [1.807, 2.05) is 24.3 Å². The number of para-hydroxylation sites is 1. The molecule has 4 aromatic rings. The summed E-state index contributed by atoms with van der Waals surface area (Å²) in [5.41, 5.74) is 1.97. The van der Waals surface area contributed by atoms with Crippen LogP contribution in [0.5, 0.6) is 0 Å². The van der Waals surface area contributed by atoms with Gasteiger partial charge in [0.15, 0.2) is 5.65 Å². The fourth-order valence-electron chi connectivity index (χ4n) is 2.30. The first kappa shape index (κ1) is 10.1. The van der Waals surface area contributed by atoms with Crippen LogP contribution in [0.2, 0.25) is 0 Å². The van der Waals surface area contributed by atoms with Gasteiger partial charge in [-0.3, -0.25) is 9.36 Å². The van der Waals surface area contributed by atoms with E-state index in [1.54, 1.807) is 4.57 Å². The van der Waals surface area contributed by atoms with E-state index in [0.29, 0.717) is 16.9 Å². The van der Waals surface area contributed by atoms with Crippen molar-refractivity contribution in [2.24, 2.45) is 0 Å². The first-order valence-electron chi connectivity index (χ1n) is 5.74. The van der Waals surface area contributed by atoms with Gasteiger partial charge in [-0.15, -0.1) is 10.2 Å². The Balaban J connectivity index is 2.34. The van der Waals surface area contributed by atoms with Crippen molar-refractivity contribution in [1.82, 2.24) is 29.4 Å². The number of fused-ring (bicyclic) bond motifs is 4. The highest BCUT2D eigenvalue weighted by Crippen LogP contribution is 2.25. The maximum atomic E-state index is 11.9. The van der Waals surface area contributed by atoms with Gasteiger partial charge in [-0.25, -0.2) is 0 Å². The van der Waals surface area contributed by atoms with Gasteiger partial charge in [0, 0.05) is 12.3 Å². The molecule has 7 nitrogen and oxygen atoms in total. The molecule has 4 rings (SSSR count). The van der Waals surface area contributed by atoms with Crippen molar-refractivity contribution in [3.8, 4) is 0 Å². The van der Waals surface area contributed by atoms with E-state index in [1.165, 1.54) is 17.8 Å². The maximum Gasteiger partial charge on any atom is 0.273 e. The second-order valence-corrected chi connectivity index (χ2v) is 4.23. The fraction of sp³-hybridized carbons (Fsp3) is 0.0833. The van der Waals surface area contributed by atoms with E-state index < -0.39 is 0 Å². The quantitative estimate of drug-likeness (QED) is 0.471. The number of hydrogen-bond acceptors (Lipinski definition) is 5. The third-order valence-corrected chi connectivity index (χ3v) is 3.07. The van der Waals surface area contributed by atoms with Crippen LogP contribution in [0, 0.1) is 0 Å². The summed E-state index contributed by atoms with van der Waals surface area (Å²) < 4.78 is 3.05. The van der Waals surface area contributed by atoms with E-state index in [0.717, 1.165) is 10.9 Å². The van der Waals surface area contributed by atoms with Crippen LogP contribution in [0.3, 0.4) is 0 Å². The molecule has 0 spiro atoms. The third-order valence-electron chi connectivity index (χ3n) is 3.07. The minimum atomic E-state index is -0.107. The molecule has 0 saturated carbocycles. The van der Waals surface area contributed by atoms with E-state index in [2.05, 4.69) is 20.3 Å². The predicted molar refractivity (Wildman–Crippen MR) is 67.9 cm³/mol. The molecule has 0 unspecified atom stereocenters. The molecular weight excluding hydrogens is 244 g/mol.